The Morgan fingerprint density at radius 1 is 1.29 bits per heavy atom. The highest BCUT2D eigenvalue weighted by Crippen LogP contribution is 2.23. The average molecular weight is 226 g/mol. The molecule has 0 atom stereocenters. The Kier molecular flexibility index (Phi) is 2.44. The van der Waals surface area contributed by atoms with Crippen LogP contribution in [0, 0.1) is 0 Å². The number of hydrogen-bond acceptors (Lipinski definition) is 2. The van der Waals surface area contributed by atoms with Crippen molar-refractivity contribution in [2.24, 2.45) is 7.05 Å². The molecule has 0 fully saturated rings. The molecular formula is C10H8ClNOS. The Labute approximate surface area is 90.4 Å². The molecule has 2 rings (SSSR count). The minimum absolute atomic E-state index is 0.0509. The van der Waals surface area contributed by atoms with Crippen molar-refractivity contribution in [3.05, 3.63) is 45.2 Å². The van der Waals surface area contributed by atoms with Crippen molar-refractivity contribution >= 4 is 22.9 Å². The first-order valence-electron chi connectivity index (χ1n) is 4.09. The number of halogens is 1. The van der Waals surface area contributed by atoms with Crippen molar-refractivity contribution < 1.29 is 0 Å². The van der Waals surface area contributed by atoms with Crippen molar-refractivity contribution in [2.45, 2.75) is 0 Å². The molecule has 0 bridgehead atoms. The fourth-order valence-electron chi connectivity index (χ4n) is 1.17. The molecule has 0 saturated carbocycles. The molecule has 1 aromatic carbocycles. The second-order valence-electron chi connectivity index (χ2n) is 2.98. The van der Waals surface area contributed by atoms with Gasteiger partial charge in [0.25, 0.3) is 0 Å². The largest absolute Gasteiger partial charge is 0.308 e. The van der Waals surface area contributed by atoms with Crippen LogP contribution in [0.25, 0.3) is 10.4 Å². The molecule has 0 aliphatic carbocycles. The highest BCUT2D eigenvalue weighted by Gasteiger charge is 2.02. The number of benzene rings is 1. The number of nitrogens with zero attached hydrogens (tertiary/aromatic N) is 1. The van der Waals surface area contributed by atoms with E-state index in [-0.39, 0.29) is 4.87 Å². The maximum absolute atomic E-state index is 11.2. The van der Waals surface area contributed by atoms with Gasteiger partial charge in [-0.25, -0.2) is 0 Å². The fraction of sp³-hybridized carbons (Fsp3) is 0.100. The molecule has 4 heteroatoms. The first-order chi connectivity index (χ1) is 6.66. The summed E-state index contributed by atoms with van der Waals surface area (Å²) in [7, 11) is 1.75. The van der Waals surface area contributed by atoms with Crippen LogP contribution in [-0.4, -0.2) is 4.57 Å². The van der Waals surface area contributed by atoms with Gasteiger partial charge in [0, 0.05) is 18.3 Å². The zero-order valence-corrected chi connectivity index (χ0v) is 9.10. The van der Waals surface area contributed by atoms with Crippen LogP contribution in [-0.2, 0) is 7.05 Å². The van der Waals surface area contributed by atoms with Gasteiger partial charge >= 0.3 is 4.87 Å². The summed E-state index contributed by atoms with van der Waals surface area (Å²) in [5.41, 5.74) is 1.03. The van der Waals surface area contributed by atoms with E-state index in [1.807, 2.05) is 30.5 Å². The second kappa shape index (κ2) is 3.59. The van der Waals surface area contributed by atoms with Gasteiger partial charge in [-0.2, -0.15) is 0 Å². The summed E-state index contributed by atoms with van der Waals surface area (Å²) in [5, 5.41) is 0.706. The van der Waals surface area contributed by atoms with E-state index in [9.17, 15) is 4.79 Å². The maximum Gasteiger partial charge on any atom is 0.307 e. The van der Waals surface area contributed by atoms with Crippen molar-refractivity contribution in [1.29, 1.82) is 0 Å². The zero-order valence-electron chi connectivity index (χ0n) is 7.53. The third kappa shape index (κ3) is 1.74. The molecule has 2 nitrogen and oxygen atoms in total. The van der Waals surface area contributed by atoms with Crippen LogP contribution < -0.4 is 4.87 Å². The maximum atomic E-state index is 11.2. The molecule has 0 aliphatic rings. The van der Waals surface area contributed by atoms with Crippen LogP contribution in [0.3, 0.4) is 0 Å². The predicted molar refractivity (Wildman–Crippen MR) is 60.0 cm³/mol. The molecule has 0 spiro atoms. The van der Waals surface area contributed by atoms with Crippen LogP contribution in [0.2, 0.25) is 5.02 Å². The molecule has 0 unspecified atom stereocenters. The van der Waals surface area contributed by atoms with E-state index < -0.39 is 0 Å². The summed E-state index contributed by atoms with van der Waals surface area (Å²) < 4.78 is 1.58. The molecule has 0 amide bonds. The molecule has 0 radical (unpaired) electrons. The van der Waals surface area contributed by atoms with Crippen LogP contribution in [0.5, 0.6) is 0 Å². The van der Waals surface area contributed by atoms with Gasteiger partial charge in [0.15, 0.2) is 0 Å². The molecule has 0 N–H and O–H groups in total. The van der Waals surface area contributed by atoms with Crippen LogP contribution in [0.4, 0.5) is 0 Å². The summed E-state index contributed by atoms with van der Waals surface area (Å²) in [4.78, 5) is 12.3. The molecule has 0 aliphatic heterocycles. The van der Waals surface area contributed by atoms with Crippen molar-refractivity contribution in [3.8, 4) is 10.4 Å². The Morgan fingerprint density at radius 3 is 2.43 bits per heavy atom. The lowest BCUT2D eigenvalue weighted by Gasteiger charge is -1.95. The number of hydrogen-bond donors (Lipinski definition) is 0. The number of thiazole rings is 1. The van der Waals surface area contributed by atoms with Crippen molar-refractivity contribution in [1.82, 2.24) is 4.57 Å². The minimum atomic E-state index is 0.0509. The van der Waals surface area contributed by atoms with Gasteiger partial charge in [0.1, 0.15) is 0 Å². The Balaban J connectivity index is 2.49. The third-order valence-electron chi connectivity index (χ3n) is 1.92. The van der Waals surface area contributed by atoms with E-state index in [1.54, 1.807) is 11.6 Å². The number of aryl methyl sites for hydroxylation is 1. The second-order valence-corrected chi connectivity index (χ2v) is 4.41. The molecule has 1 heterocycles. The zero-order chi connectivity index (χ0) is 10.1. The van der Waals surface area contributed by atoms with E-state index in [4.69, 9.17) is 11.6 Å². The minimum Gasteiger partial charge on any atom is -0.308 e. The van der Waals surface area contributed by atoms with E-state index in [0.29, 0.717) is 5.02 Å². The number of rotatable bonds is 1. The van der Waals surface area contributed by atoms with Gasteiger partial charge < -0.3 is 4.57 Å². The van der Waals surface area contributed by atoms with Gasteiger partial charge in [-0.3, -0.25) is 4.79 Å². The quantitative estimate of drug-likeness (QED) is 0.732. The molecule has 1 aromatic heterocycles. The van der Waals surface area contributed by atoms with Gasteiger partial charge in [-0.15, -0.1) is 0 Å². The SMILES string of the molecule is Cn1cc(-c2ccc(Cl)cc2)sc1=O. The third-order valence-corrected chi connectivity index (χ3v) is 3.20. The van der Waals surface area contributed by atoms with Gasteiger partial charge in [-0.05, 0) is 17.7 Å². The van der Waals surface area contributed by atoms with Crippen LogP contribution in [0.15, 0.2) is 35.3 Å². The predicted octanol–water partition coefficient (Wildman–Crippen LogP) is 2.77. The van der Waals surface area contributed by atoms with Crippen LogP contribution in [0.1, 0.15) is 0 Å². The van der Waals surface area contributed by atoms with E-state index in [0.717, 1.165) is 10.4 Å². The summed E-state index contributed by atoms with van der Waals surface area (Å²) in [6.45, 7) is 0. The topological polar surface area (TPSA) is 22.0 Å². The molecular weight excluding hydrogens is 218 g/mol. The molecule has 2 aromatic rings. The van der Waals surface area contributed by atoms with Gasteiger partial charge in [-0.1, -0.05) is 35.1 Å². The van der Waals surface area contributed by atoms with Crippen LogP contribution >= 0.6 is 22.9 Å². The molecule has 0 saturated heterocycles. The average Bonchev–Trinajstić information content (AvgIpc) is 2.48. The van der Waals surface area contributed by atoms with Gasteiger partial charge in [0.2, 0.25) is 0 Å². The van der Waals surface area contributed by atoms with E-state index >= 15 is 0 Å². The lowest BCUT2D eigenvalue weighted by atomic mass is 10.2. The standard InChI is InChI=1S/C10H8ClNOS/c1-12-6-9(14-10(12)13)7-2-4-8(11)5-3-7/h2-6H,1H3. The fourth-order valence-corrected chi connectivity index (χ4v) is 2.14. The Hall–Kier alpha value is -1.06. The number of aromatic nitrogens is 1. The normalized spacial score (nSPS) is 10.4. The Morgan fingerprint density at radius 2 is 1.93 bits per heavy atom. The Bertz CT molecular complexity index is 498. The summed E-state index contributed by atoms with van der Waals surface area (Å²) >= 11 is 7.01. The van der Waals surface area contributed by atoms with E-state index in [2.05, 4.69) is 0 Å². The molecule has 14 heavy (non-hydrogen) atoms. The lowest BCUT2D eigenvalue weighted by Crippen LogP contribution is -2.04. The summed E-state index contributed by atoms with van der Waals surface area (Å²) in [6, 6.07) is 7.46. The first kappa shape index (κ1) is 9.49. The smallest absolute Gasteiger partial charge is 0.307 e. The molecule has 72 valence electrons. The lowest BCUT2D eigenvalue weighted by molar-refractivity contribution is 0.898. The van der Waals surface area contributed by atoms with Crippen molar-refractivity contribution in [2.75, 3.05) is 0 Å². The summed E-state index contributed by atoms with van der Waals surface area (Å²) in [6.07, 6.45) is 1.83. The highest BCUT2D eigenvalue weighted by atomic mass is 35.5. The van der Waals surface area contributed by atoms with Crippen molar-refractivity contribution in [3.63, 3.8) is 0 Å². The van der Waals surface area contributed by atoms with E-state index in [1.165, 1.54) is 11.3 Å². The monoisotopic (exact) mass is 225 g/mol. The highest BCUT2D eigenvalue weighted by molar-refractivity contribution is 7.12. The first-order valence-corrected chi connectivity index (χ1v) is 5.28. The summed E-state index contributed by atoms with van der Waals surface area (Å²) in [5.74, 6) is 0. The van der Waals surface area contributed by atoms with Gasteiger partial charge in [0.05, 0.1) is 4.88 Å².